The van der Waals surface area contributed by atoms with Gasteiger partial charge in [0.25, 0.3) is 0 Å². The van der Waals surface area contributed by atoms with E-state index in [0.29, 0.717) is 23.5 Å². The highest BCUT2D eigenvalue weighted by molar-refractivity contribution is 7.89. The van der Waals surface area contributed by atoms with Crippen LogP contribution in [-0.2, 0) is 10.0 Å². The number of aliphatic hydroxyl groups excluding tert-OH is 1. The number of halogens is 1. The highest BCUT2D eigenvalue weighted by atomic mass is 32.2. The first-order valence-corrected chi connectivity index (χ1v) is 13.6. The van der Waals surface area contributed by atoms with Crippen LogP contribution in [0.5, 0.6) is 0 Å². The van der Waals surface area contributed by atoms with E-state index in [4.69, 9.17) is 0 Å². The van der Waals surface area contributed by atoms with Gasteiger partial charge in [-0.3, -0.25) is 4.90 Å². The van der Waals surface area contributed by atoms with E-state index < -0.39 is 16.3 Å². The van der Waals surface area contributed by atoms with Crippen LogP contribution in [0, 0.1) is 19.7 Å². The van der Waals surface area contributed by atoms with Crippen LogP contribution in [0.2, 0.25) is 0 Å². The van der Waals surface area contributed by atoms with E-state index in [9.17, 15) is 17.9 Å². The Bertz CT molecular complexity index is 1330. The van der Waals surface area contributed by atoms with Crippen LogP contribution in [0.3, 0.4) is 0 Å². The molecule has 35 heavy (non-hydrogen) atoms. The summed E-state index contributed by atoms with van der Waals surface area (Å²) in [4.78, 5) is 2.37. The van der Waals surface area contributed by atoms with Crippen molar-refractivity contribution in [2.24, 2.45) is 0 Å². The van der Waals surface area contributed by atoms with E-state index in [1.165, 1.54) is 6.07 Å². The maximum absolute atomic E-state index is 14.0. The fourth-order valence-electron chi connectivity index (χ4n) is 5.51. The predicted molar refractivity (Wildman–Crippen MR) is 135 cm³/mol. The van der Waals surface area contributed by atoms with Gasteiger partial charge in [0, 0.05) is 31.6 Å². The number of nitrogens with zero attached hydrogens (tertiary/aromatic N) is 2. The first-order valence-electron chi connectivity index (χ1n) is 12.1. The summed E-state index contributed by atoms with van der Waals surface area (Å²) in [6.45, 7) is 5.15. The van der Waals surface area contributed by atoms with Crippen molar-refractivity contribution >= 4 is 10.0 Å². The Hall–Kier alpha value is -2.58. The predicted octanol–water partition coefficient (Wildman–Crippen LogP) is 4.68. The molecule has 3 atom stereocenters. The first-order chi connectivity index (χ1) is 16.8. The molecule has 5 rings (SSSR count). The summed E-state index contributed by atoms with van der Waals surface area (Å²) in [5, 5.41) is 11.0. The van der Waals surface area contributed by atoms with Crippen molar-refractivity contribution in [3.05, 3.63) is 89.2 Å². The van der Waals surface area contributed by atoms with Gasteiger partial charge in [-0.1, -0.05) is 54.6 Å². The Balaban J connectivity index is 1.42. The van der Waals surface area contributed by atoms with Crippen molar-refractivity contribution in [1.82, 2.24) is 9.21 Å². The van der Waals surface area contributed by atoms with Crippen LogP contribution < -0.4 is 0 Å². The van der Waals surface area contributed by atoms with Gasteiger partial charge in [-0.2, -0.15) is 4.31 Å². The molecule has 3 aromatic carbocycles. The fourth-order valence-corrected chi connectivity index (χ4v) is 7.23. The van der Waals surface area contributed by atoms with E-state index in [2.05, 4.69) is 0 Å². The molecule has 0 spiro atoms. The van der Waals surface area contributed by atoms with Gasteiger partial charge in [-0.15, -0.1) is 0 Å². The second kappa shape index (κ2) is 9.47. The standard InChI is InChI=1S/C28H31FN2O3S/c1-19-8-3-4-11-26(19)35(33,34)30-16-5-6-17-31-25(18-30)27(28(31)32)22-14-12-21(13-15-22)23-9-7-10-24(29)20(23)2/h3-4,7-15,25,27-28,32H,5-6,16-18H2,1-2H3/t25-,27-,28+/m0/s1. The largest absolute Gasteiger partial charge is 0.378 e. The van der Waals surface area contributed by atoms with Gasteiger partial charge < -0.3 is 5.11 Å². The summed E-state index contributed by atoms with van der Waals surface area (Å²) in [7, 11) is -3.64. The van der Waals surface area contributed by atoms with Crippen molar-refractivity contribution in [2.45, 2.75) is 49.8 Å². The summed E-state index contributed by atoms with van der Waals surface area (Å²) in [5.41, 5.74) is 4.06. The third-order valence-electron chi connectivity index (χ3n) is 7.55. The molecule has 0 radical (unpaired) electrons. The van der Waals surface area contributed by atoms with Crippen molar-refractivity contribution in [1.29, 1.82) is 0 Å². The molecule has 2 fully saturated rings. The fraction of sp³-hybridized carbons (Fsp3) is 0.357. The van der Waals surface area contributed by atoms with Crippen molar-refractivity contribution in [3.63, 3.8) is 0 Å². The van der Waals surface area contributed by atoms with E-state index >= 15 is 0 Å². The number of aliphatic hydroxyl groups is 1. The van der Waals surface area contributed by atoms with Gasteiger partial charge in [0.05, 0.1) is 4.90 Å². The lowest BCUT2D eigenvalue weighted by Crippen LogP contribution is -2.66. The molecule has 184 valence electrons. The summed E-state index contributed by atoms with van der Waals surface area (Å²) in [5.74, 6) is -0.425. The monoisotopic (exact) mass is 494 g/mol. The maximum Gasteiger partial charge on any atom is 0.243 e. The maximum atomic E-state index is 14.0. The average Bonchev–Trinajstić information content (AvgIpc) is 2.83. The SMILES string of the molecule is Cc1ccccc1S(=O)(=O)N1CCCCN2[C@H](O)[C@@H](c3ccc(-c4cccc(F)c4C)cc3)[C@@H]2C1. The Labute approximate surface area is 206 Å². The smallest absolute Gasteiger partial charge is 0.243 e. The molecular formula is C28H31FN2O3S. The minimum absolute atomic E-state index is 0.106. The van der Waals surface area contributed by atoms with E-state index in [-0.39, 0.29) is 17.8 Å². The summed E-state index contributed by atoms with van der Waals surface area (Å²) in [6.07, 6.45) is 0.938. The third kappa shape index (κ3) is 4.31. The Morgan fingerprint density at radius 1 is 0.914 bits per heavy atom. The average molecular weight is 495 g/mol. The van der Waals surface area contributed by atoms with Crippen LogP contribution in [-0.4, -0.2) is 54.6 Å². The molecule has 0 amide bonds. The first kappa shape index (κ1) is 24.1. The van der Waals surface area contributed by atoms with Crippen molar-refractivity contribution in [2.75, 3.05) is 19.6 Å². The highest BCUT2D eigenvalue weighted by Gasteiger charge is 2.50. The lowest BCUT2D eigenvalue weighted by molar-refractivity contribution is -0.148. The zero-order valence-corrected chi connectivity index (χ0v) is 20.9. The van der Waals surface area contributed by atoms with Gasteiger partial charge >= 0.3 is 0 Å². The molecule has 2 aliphatic rings. The molecule has 0 unspecified atom stereocenters. The number of hydrogen-bond acceptors (Lipinski definition) is 4. The minimum atomic E-state index is -3.64. The number of hydrogen-bond donors (Lipinski definition) is 1. The van der Waals surface area contributed by atoms with Gasteiger partial charge in [0.15, 0.2) is 0 Å². The van der Waals surface area contributed by atoms with Crippen LogP contribution in [0.25, 0.3) is 11.1 Å². The van der Waals surface area contributed by atoms with E-state index in [0.717, 1.165) is 41.6 Å². The molecule has 2 heterocycles. The van der Waals surface area contributed by atoms with Crippen LogP contribution >= 0.6 is 0 Å². The summed E-state index contributed by atoms with van der Waals surface area (Å²) >= 11 is 0. The molecule has 3 aromatic rings. The topological polar surface area (TPSA) is 60.9 Å². The molecule has 7 heteroatoms. The lowest BCUT2D eigenvalue weighted by atomic mass is 9.79. The van der Waals surface area contributed by atoms with Gasteiger partial charge in [-0.05, 0) is 66.6 Å². The molecule has 5 nitrogen and oxygen atoms in total. The second-order valence-electron chi connectivity index (χ2n) is 9.61. The van der Waals surface area contributed by atoms with Crippen LogP contribution in [0.15, 0.2) is 71.6 Å². The molecule has 1 N–H and O–H groups in total. The highest BCUT2D eigenvalue weighted by Crippen LogP contribution is 2.42. The quantitative estimate of drug-likeness (QED) is 0.572. The molecule has 0 aromatic heterocycles. The van der Waals surface area contributed by atoms with E-state index in [1.807, 2.05) is 54.3 Å². The zero-order chi connectivity index (χ0) is 24.7. The van der Waals surface area contributed by atoms with Gasteiger partial charge in [0.2, 0.25) is 10.0 Å². The Kier molecular flexibility index (Phi) is 6.53. The number of fused-ring (bicyclic) bond motifs is 1. The van der Waals surface area contributed by atoms with Crippen molar-refractivity contribution < 1.29 is 17.9 Å². The lowest BCUT2D eigenvalue weighted by Gasteiger charge is -2.55. The molecule has 2 saturated heterocycles. The van der Waals surface area contributed by atoms with E-state index in [1.54, 1.807) is 29.4 Å². The van der Waals surface area contributed by atoms with Crippen LogP contribution in [0.4, 0.5) is 4.39 Å². The van der Waals surface area contributed by atoms with Gasteiger partial charge in [0.1, 0.15) is 12.0 Å². The normalized spacial score (nSPS) is 23.7. The minimum Gasteiger partial charge on any atom is -0.378 e. The number of sulfonamides is 1. The Morgan fingerprint density at radius 3 is 2.37 bits per heavy atom. The molecule has 2 aliphatic heterocycles. The number of aryl methyl sites for hydroxylation is 1. The zero-order valence-electron chi connectivity index (χ0n) is 20.1. The van der Waals surface area contributed by atoms with Gasteiger partial charge in [-0.25, -0.2) is 12.8 Å². The second-order valence-corrected chi connectivity index (χ2v) is 11.5. The third-order valence-corrected chi connectivity index (χ3v) is 9.58. The Morgan fingerprint density at radius 2 is 1.63 bits per heavy atom. The molecular weight excluding hydrogens is 463 g/mol. The van der Waals surface area contributed by atoms with Crippen molar-refractivity contribution in [3.8, 4) is 11.1 Å². The molecule has 0 aliphatic carbocycles. The van der Waals surface area contributed by atoms with Crippen LogP contribution in [0.1, 0.15) is 35.4 Å². The summed E-state index contributed by atoms with van der Waals surface area (Å²) in [6, 6.07) is 19.9. The summed E-state index contributed by atoms with van der Waals surface area (Å²) < 4.78 is 42.7. The molecule has 0 bridgehead atoms. The number of rotatable bonds is 4. The number of benzene rings is 3. The molecule has 0 saturated carbocycles.